The normalized spacial score (nSPS) is 15.3. The van der Waals surface area contributed by atoms with Gasteiger partial charge in [-0.1, -0.05) is 6.07 Å². The first-order valence-electron chi connectivity index (χ1n) is 6.85. The van der Waals surface area contributed by atoms with Crippen LogP contribution in [-0.4, -0.2) is 34.7 Å². The van der Waals surface area contributed by atoms with E-state index in [1.165, 1.54) is 18.9 Å². The fourth-order valence-electron chi connectivity index (χ4n) is 2.24. The molecule has 1 aromatic rings. The van der Waals surface area contributed by atoms with Crippen molar-refractivity contribution in [2.24, 2.45) is 5.92 Å². The predicted octanol–water partition coefficient (Wildman–Crippen LogP) is 1.13. The molecule has 2 rings (SSSR count). The van der Waals surface area contributed by atoms with Gasteiger partial charge in [0.2, 0.25) is 0 Å². The third-order valence-electron chi connectivity index (χ3n) is 3.58. The molecule has 0 amide bonds. The van der Waals surface area contributed by atoms with Crippen LogP contribution in [0, 0.1) is 11.7 Å². The molecule has 0 bridgehead atoms. The number of nitrogens with zero attached hydrogens (tertiary/aromatic N) is 1. The maximum atomic E-state index is 13.5. The van der Waals surface area contributed by atoms with E-state index in [9.17, 15) is 4.39 Å². The molecule has 1 saturated carbocycles. The molecule has 5 heteroatoms. The summed E-state index contributed by atoms with van der Waals surface area (Å²) in [5, 5.41) is 18.3. The van der Waals surface area contributed by atoms with Crippen LogP contribution in [0.5, 0.6) is 0 Å². The van der Waals surface area contributed by atoms with E-state index in [0.717, 1.165) is 24.1 Å². The monoisotopic (exact) mass is 265 g/mol. The average molecular weight is 265 g/mol. The zero-order chi connectivity index (χ0) is 14.0. The van der Waals surface area contributed by atoms with Crippen molar-refractivity contribution < 1.29 is 14.4 Å². The van der Waals surface area contributed by atoms with Gasteiger partial charge in [-0.3, -0.25) is 4.90 Å². The Morgan fingerprint density at radius 2 is 2.00 bits per heavy atom. The highest BCUT2D eigenvalue weighted by Crippen LogP contribution is 2.30. The van der Waals surface area contributed by atoms with E-state index in [1.54, 1.807) is 6.07 Å². The van der Waals surface area contributed by atoms with Gasteiger partial charge >= 0.3 is 7.12 Å². The van der Waals surface area contributed by atoms with Gasteiger partial charge in [-0.15, -0.1) is 0 Å². The van der Waals surface area contributed by atoms with Gasteiger partial charge in [-0.05, 0) is 55.8 Å². The summed E-state index contributed by atoms with van der Waals surface area (Å²) in [5.41, 5.74) is 1.00. The number of hydrogen-bond donors (Lipinski definition) is 2. The summed E-state index contributed by atoms with van der Waals surface area (Å²) in [5.74, 6) is 0.356. The number of hydrogen-bond acceptors (Lipinski definition) is 3. The Labute approximate surface area is 114 Å². The van der Waals surface area contributed by atoms with Gasteiger partial charge in [0.25, 0.3) is 0 Å². The molecule has 0 heterocycles. The standard InChI is InChI=1S/C14H21BFNO2/c1-10(2)17(8-11-3-4-11)9-12-5-13(15(18)19)7-14(16)6-12/h5-7,10-11,18-19H,3-4,8-9H2,1-2H3. The Bertz CT molecular complexity index is 435. The molecule has 2 N–H and O–H groups in total. The van der Waals surface area contributed by atoms with Crippen molar-refractivity contribution in [3.63, 3.8) is 0 Å². The van der Waals surface area contributed by atoms with Crippen LogP contribution in [0.2, 0.25) is 0 Å². The van der Waals surface area contributed by atoms with Gasteiger partial charge in [-0.2, -0.15) is 0 Å². The Morgan fingerprint density at radius 3 is 2.53 bits per heavy atom. The molecule has 1 aromatic carbocycles. The fourth-order valence-corrected chi connectivity index (χ4v) is 2.24. The summed E-state index contributed by atoms with van der Waals surface area (Å²) in [6.45, 7) is 5.93. The molecule has 3 nitrogen and oxygen atoms in total. The van der Waals surface area contributed by atoms with Gasteiger partial charge < -0.3 is 10.0 Å². The van der Waals surface area contributed by atoms with Crippen LogP contribution in [0.3, 0.4) is 0 Å². The molecule has 0 saturated heterocycles. The van der Waals surface area contributed by atoms with Gasteiger partial charge in [-0.25, -0.2) is 4.39 Å². The summed E-state index contributed by atoms with van der Waals surface area (Å²) < 4.78 is 13.5. The van der Waals surface area contributed by atoms with Crippen LogP contribution in [0.4, 0.5) is 4.39 Å². The van der Waals surface area contributed by atoms with Gasteiger partial charge in [0.15, 0.2) is 0 Å². The molecule has 0 atom stereocenters. The van der Waals surface area contributed by atoms with Crippen LogP contribution in [0.25, 0.3) is 0 Å². The SMILES string of the molecule is CC(C)N(Cc1cc(F)cc(B(O)O)c1)CC1CC1. The maximum Gasteiger partial charge on any atom is 0.488 e. The minimum absolute atomic E-state index is 0.213. The lowest BCUT2D eigenvalue weighted by Gasteiger charge is -2.26. The van der Waals surface area contributed by atoms with E-state index < -0.39 is 12.9 Å². The van der Waals surface area contributed by atoms with E-state index in [-0.39, 0.29) is 5.46 Å². The molecular formula is C14H21BFNO2. The van der Waals surface area contributed by atoms with E-state index >= 15 is 0 Å². The Morgan fingerprint density at radius 1 is 1.32 bits per heavy atom. The van der Waals surface area contributed by atoms with Gasteiger partial charge in [0.05, 0.1) is 0 Å². The molecule has 19 heavy (non-hydrogen) atoms. The third-order valence-corrected chi connectivity index (χ3v) is 3.58. The third kappa shape index (κ3) is 4.30. The molecule has 0 aliphatic heterocycles. The molecule has 0 spiro atoms. The first-order valence-corrected chi connectivity index (χ1v) is 6.85. The van der Waals surface area contributed by atoms with Crippen molar-refractivity contribution in [1.29, 1.82) is 0 Å². The zero-order valence-electron chi connectivity index (χ0n) is 11.5. The molecular weight excluding hydrogens is 244 g/mol. The molecule has 0 radical (unpaired) electrons. The summed E-state index contributed by atoms with van der Waals surface area (Å²) >= 11 is 0. The number of benzene rings is 1. The Kier molecular flexibility index (Phi) is 4.60. The van der Waals surface area contributed by atoms with Crippen LogP contribution in [-0.2, 0) is 6.54 Å². The van der Waals surface area contributed by atoms with Crippen LogP contribution in [0.15, 0.2) is 18.2 Å². The van der Waals surface area contributed by atoms with E-state index in [0.29, 0.717) is 12.6 Å². The second-order valence-corrected chi connectivity index (χ2v) is 5.73. The van der Waals surface area contributed by atoms with E-state index in [1.807, 2.05) is 0 Å². The maximum absolute atomic E-state index is 13.5. The predicted molar refractivity (Wildman–Crippen MR) is 74.5 cm³/mol. The zero-order valence-corrected chi connectivity index (χ0v) is 11.5. The highest BCUT2D eigenvalue weighted by atomic mass is 19.1. The van der Waals surface area contributed by atoms with Crippen molar-refractivity contribution in [3.8, 4) is 0 Å². The molecule has 1 fully saturated rings. The van der Waals surface area contributed by atoms with Crippen molar-refractivity contribution >= 4 is 12.6 Å². The van der Waals surface area contributed by atoms with Crippen molar-refractivity contribution in [3.05, 3.63) is 29.6 Å². The van der Waals surface area contributed by atoms with Crippen LogP contribution < -0.4 is 5.46 Å². The second-order valence-electron chi connectivity index (χ2n) is 5.73. The lowest BCUT2D eigenvalue weighted by molar-refractivity contribution is 0.203. The minimum atomic E-state index is -1.62. The molecule has 1 aliphatic carbocycles. The average Bonchev–Trinajstić information content (AvgIpc) is 3.11. The van der Waals surface area contributed by atoms with Gasteiger partial charge in [0.1, 0.15) is 5.82 Å². The largest absolute Gasteiger partial charge is 0.488 e. The van der Waals surface area contributed by atoms with Crippen molar-refractivity contribution in [2.45, 2.75) is 39.3 Å². The second kappa shape index (κ2) is 6.03. The minimum Gasteiger partial charge on any atom is -0.423 e. The summed E-state index contributed by atoms with van der Waals surface area (Å²) in [6.07, 6.45) is 2.57. The molecule has 104 valence electrons. The smallest absolute Gasteiger partial charge is 0.423 e. The van der Waals surface area contributed by atoms with Crippen molar-refractivity contribution in [2.75, 3.05) is 6.54 Å². The lowest BCUT2D eigenvalue weighted by Crippen LogP contribution is -2.34. The summed E-state index contributed by atoms with van der Waals surface area (Å²) in [4.78, 5) is 2.31. The van der Waals surface area contributed by atoms with E-state index in [2.05, 4.69) is 18.7 Å². The number of rotatable bonds is 6. The fraction of sp³-hybridized carbons (Fsp3) is 0.571. The number of halogens is 1. The molecule has 0 unspecified atom stereocenters. The van der Waals surface area contributed by atoms with Gasteiger partial charge in [0, 0.05) is 19.1 Å². The molecule has 1 aliphatic rings. The van der Waals surface area contributed by atoms with E-state index in [4.69, 9.17) is 10.0 Å². The highest BCUT2D eigenvalue weighted by molar-refractivity contribution is 6.58. The van der Waals surface area contributed by atoms with Crippen LogP contribution >= 0.6 is 0 Å². The highest BCUT2D eigenvalue weighted by Gasteiger charge is 2.25. The summed E-state index contributed by atoms with van der Waals surface area (Å²) in [6, 6.07) is 4.69. The summed E-state index contributed by atoms with van der Waals surface area (Å²) in [7, 11) is -1.62. The first-order chi connectivity index (χ1) is 8.95. The Balaban J connectivity index is 2.10. The first kappa shape index (κ1) is 14.5. The topological polar surface area (TPSA) is 43.7 Å². The Hall–Kier alpha value is -0.905. The lowest BCUT2D eigenvalue weighted by atomic mass is 9.79. The van der Waals surface area contributed by atoms with Crippen LogP contribution in [0.1, 0.15) is 32.3 Å². The molecule has 0 aromatic heterocycles. The quantitative estimate of drug-likeness (QED) is 0.758. The van der Waals surface area contributed by atoms with Crippen molar-refractivity contribution in [1.82, 2.24) is 4.90 Å².